The van der Waals surface area contributed by atoms with Gasteiger partial charge in [-0.15, -0.1) is 0 Å². The van der Waals surface area contributed by atoms with E-state index < -0.39 is 10.0 Å². The molecule has 0 atom stereocenters. The molecule has 0 saturated carbocycles. The Hall–Kier alpha value is -1.88. The predicted octanol–water partition coefficient (Wildman–Crippen LogP) is 1.63. The van der Waals surface area contributed by atoms with Crippen LogP contribution in [-0.2, 0) is 19.6 Å². The fourth-order valence-corrected chi connectivity index (χ4v) is 6.51. The maximum absolute atomic E-state index is 13.2. The smallest absolute Gasteiger partial charge is 0.262 e. The summed E-state index contributed by atoms with van der Waals surface area (Å²) in [6.07, 6.45) is 2.08. The Morgan fingerprint density at radius 2 is 1.84 bits per heavy atom. The van der Waals surface area contributed by atoms with Crippen molar-refractivity contribution in [3.8, 4) is 5.75 Å². The van der Waals surface area contributed by atoms with Gasteiger partial charge < -0.3 is 15.0 Å². The molecule has 11 heteroatoms. The Morgan fingerprint density at radius 1 is 1.16 bits per heavy atom. The summed E-state index contributed by atoms with van der Waals surface area (Å²) in [5.74, 6) is -0.0616. The van der Waals surface area contributed by atoms with Crippen molar-refractivity contribution in [1.29, 1.82) is 0 Å². The molecule has 0 aliphatic carbocycles. The van der Waals surface area contributed by atoms with Crippen molar-refractivity contribution in [1.82, 2.24) is 14.1 Å². The van der Waals surface area contributed by atoms with Gasteiger partial charge in [0.25, 0.3) is 5.91 Å². The molecule has 4 rings (SSSR count). The van der Waals surface area contributed by atoms with Gasteiger partial charge in [-0.25, -0.2) is 8.42 Å². The largest absolute Gasteiger partial charge is 0.482 e. The minimum absolute atomic E-state index is 0.0256. The first-order valence-corrected chi connectivity index (χ1v) is 12.9. The average molecular weight is 485 g/mol. The normalized spacial score (nSPS) is 21.1. The van der Waals surface area contributed by atoms with Crippen molar-refractivity contribution < 1.29 is 22.7 Å². The van der Waals surface area contributed by atoms with E-state index in [9.17, 15) is 18.0 Å². The van der Waals surface area contributed by atoms with E-state index in [2.05, 4.69) is 17.1 Å². The number of nitrogens with zero attached hydrogens (tertiary/aromatic N) is 3. The molecular formula is C21H29ClN4O5S. The van der Waals surface area contributed by atoms with Gasteiger partial charge in [0.05, 0.1) is 10.7 Å². The van der Waals surface area contributed by atoms with E-state index in [4.69, 9.17) is 16.3 Å². The summed E-state index contributed by atoms with van der Waals surface area (Å²) in [4.78, 5) is 28.7. The van der Waals surface area contributed by atoms with Crippen LogP contribution in [0, 0.1) is 5.92 Å². The molecule has 3 aliphatic heterocycles. The first-order valence-electron chi connectivity index (χ1n) is 11.1. The first kappa shape index (κ1) is 23.3. The minimum Gasteiger partial charge on any atom is -0.482 e. The summed E-state index contributed by atoms with van der Waals surface area (Å²) in [5.41, 5.74) is 0.355. The Labute approximate surface area is 193 Å². The zero-order valence-corrected chi connectivity index (χ0v) is 19.8. The number of benzene rings is 1. The van der Waals surface area contributed by atoms with Crippen LogP contribution in [0.25, 0.3) is 0 Å². The van der Waals surface area contributed by atoms with Crippen LogP contribution in [0.3, 0.4) is 0 Å². The summed E-state index contributed by atoms with van der Waals surface area (Å²) in [7, 11) is -3.85. The highest BCUT2D eigenvalue weighted by atomic mass is 35.5. The minimum atomic E-state index is -3.85. The highest BCUT2D eigenvalue weighted by Crippen LogP contribution is 2.37. The van der Waals surface area contributed by atoms with Crippen LogP contribution in [0.1, 0.15) is 26.2 Å². The van der Waals surface area contributed by atoms with E-state index in [1.165, 1.54) is 16.4 Å². The third kappa shape index (κ3) is 4.73. The van der Waals surface area contributed by atoms with Crippen LogP contribution in [0.4, 0.5) is 5.69 Å². The topological polar surface area (TPSA) is 99.3 Å². The third-order valence-corrected chi connectivity index (χ3v) is 8.68. The lowest BCUT2D eigenvalue weighted by Crippen LogP contribution is -2.52. The number of sulfonamides is 1. The quantitative estimate of drug-likeness (QED) is 0.682. The molecule has 0 bridgehead atoms. The van der Waals surface area contributed by atoms with Crippen LogP contribution >= 0.6 is 11.6 Å². The van der Waals surface area contributed by atoms with Gasteiger partial charge in [0.15, 0.2) is 6.61 Å². The van der Waals surface area contributed by atoms with E-state index >= 15 is 0 Å². The average Bonchev–Trinajstić information content (AvgIpc) is 2.79. The van der Waals surface area contributed by atoms with Gasteiger partial charge in [-0.05, 0) is 31.9 Å². The molecule has 1 aromatic rings. The molecule has 3 aliphatic rings. The van der Waals surface area contributed by atoms with Crippen molar-refractivity contribution >= 4 is 39.1 Å². The summed E-state index contributed by atoms with van der Waals surface area (Å²) < 4.78 is 33.2. The number of carbonyl (C=O) groups is 2. The second-order valence-corrected chi connectivity index (χ2v) is 10.8. The van der Waals surface area contributed by atoms with E-state index in [1.807, 2.05) is 4.90 Å². The van der Waals surface area contributed by atoms with Crippen LogP contribution < -0.4 is 10.1 Å². The number of halogens is 1. The third-order valence-electron chi connectivity index (χ3n) is 6.31. The predicted molar refractivity (Wildman–Crippen MR) is 120 cm³/mol. The van der Waals surface area contributed by atoms with E-state index in [1.54, 1.807) is 0 Å². The number of amides is 2. The Kier molecular flexibility index (Phi) is 6.94. The lowest BCUT2D eigenvalue weighted by atomic mass is 9.96. The first-order chi connectivity index (χ1) is 15.3. The molecule has 0 radical (unpaired) electrons. The molecule has 0 spiro atoms. The maximum atomic E-state index is 13.2. The molecule has 1 N–H and O–H groups in total. The van der Waals surface area contributed by atoms with Gasteiger partial charge in [0.1, 0.15) is 10.6 Å². The second-order valence-electron chi connectivity index (χ2n) is 8.46. The number of carbonyl (C=O) groups excluding carboxylic acids is 2. The summed E-state index contributed by atoms with van der Waals surface area (Å²) in [6, 6.07) is 2.76. The number of hydrogen-bond donors (Lipinski definition) is 1. The van der Waals surface area contributed by atoms with Crippen LogP contribution in [0.5, 0.6) is 5.75 Å². The molecular weight excluding hydrogens is 456 g/mol. The standard InChI is InChI=1S/C21H29ClN4O5S/c1-2-5-24-8-10-25(11-9-24)21(28)15-3-6-26(7-4-15)32(29,30)19-13-18-17(12-16(19)22)23-20(27)14-31-18/h12-13,15H,2-11,14H2,1H3,(H,23,27). The van der Waals surface area contributed by atoms with Crippen molar-refractivity contribution in [2.24, 2.45) is 5.92 Å². The van der Waals surface area contributed by atoms with Gasteiger partial charge in [-0.2, -0.15) is 4.31 Å². The molecule has 2 saturated heterocycles. The molecule has 0 unspecified atom stereocenters. The number of piperidine rings is 1. The van der Waals surface area contributed by atoms with Crippen molar-refractivity contribution in [2.75, 3.05) is 57.7 Å². The maximum Gasteiger partial charge on any atom is 0.262 e. The summed E-state index contributed by atoms with van der Waals surface area (Å²) in [5, 5.41) is 2.64. The van der Waals surface area contributed by atoms with E-state index in [-0.39, 0.29) is 53.1 Å². The van der Waals surface area contributed by atoms with Crippen LogP contribution in [0.15, 0.2) is 17.0 Å². The molecule has 0 aromatic heterocycles. The highest BCUT2D eigenvalue weighted by molar-refractivity contribution is 7.89. The Balaban J connectivity index is 1.39. The lowest BCUT2D eigenvalue weighted by molar-refractivity contribution is -0.138. The Bertz CT molecular complexity index is 986. The number of anilines is 1. The number of piperazine rings is 1. The van der Waals surface area contributed by atoms with Crippen molar-refractivity contribution in [3.63, 3.8) is 0 Å². The molecule has 1 aromatic carbocycles. The fraction of sp³-hybridized carbons (Fsp3) is 0.619. The SMILES string of the molecule is CCCN1CCN(C(=O)C2CCN(S(=O)(=O)c3cc4c(cc3Cl)NC(=O)CO4)CC2)CC1. The van der Waals surface area contributed by atoms with Crippen molar-refractivity contribution in [2.45, 2.75) is 31.1 Å². The van der Waals surface area contributed by atoms with Gasteiger partial charge in [-0.3, -0.25) is 14.5 Å². The van der Waals surface area contributed by atoms with Gasteiger partial charge in [0, 0.05) is 51.3 Å². The number of nitrogens with one attached hydrogen (secondary N) is 1. The van der Waals surface area contributed by atoms with Crippen molar-refractivity contribution in [3.05, 3.63) is 17.2 Å². The molecule has 32 heavy (non-hydrogen) atoms. The number of rotatable bonds is 5. The summed E-state index contributed by atoms with van der Waals surface area (Å²) in [6.45, 7) is 6.82. The van der Waals surface area contributed by atoms with Crippen LogP contribution in [-0.4, -0.2) is 86.8 Å². The molecule has 176 valence electrons. The number of ether oxygens (including phenoxy) is 1. The molecule has 3 heterocycles. The Morgan fingerprint density at radius 3 is 2.50 bits per heavy atom. The fourth-order valence-electron chi connectivity index (χ4n) is 4.53. The van der Waals surface area contributed by atoms with E-state index in [0.29, 0.717) is 18.5 Å². The zero-order valence-electron chi connectivity index (χ0n) is 18.2. The van der Waals surface area contributed by atoms with Gasteiger partial charge in [-0.1, -0.05) is 18.5 Å². The number of hydrogen-bond acceptors (Lipinski definition) is 6. The molecule has 9 nitrogen and oxygen atoms in total. The monoisotopic (exact) mass is 484 g/mol. The molecule has 2 amide bonds. The molecule has 2 fully saturated rings. The number of fused-ring (bicyclic) bond motifs is 1. The van der Waals surface area contributed by atoms with Gasteiger partial charge in [0.2, 0.25) is 15.9 Å². The highest BCUT2D eigenvalue weighted by Gasteiger charge is 2.36. The summed E-state index contributed by atoms with van der Waals surface area (Å²) >= 11 is 6.25. The van der Waals surface area contributed by atoms with Gasteiger partial charge >= 0.3 is 0 Å². The second kappa shape index (κ2) is 9.54. The lowest BCUT2D eigenvalue weighted by Gasteiger charge is -2.38. The van der Waals surface area contributed by atoms with Crippen LogP contribution in [0.2, 0.25) is 5.02 Å². The van der Waals surface area contributed by atoms with E-state index in [0.717, 1.165) is 39.1 Å². The zero-order chi connectivity index (χ0) is 22.9.